The molecule has 0 saturated heterocycles. The summed E-state index contributed by atoms with van der Waals surface area (Å²) in [6.45, 7) is 7.21. The maximum atomic E-state index is 12.6. The van der Waals surface area contributed by atoms with Crippen LogP contribution in [-0.4, -0.2) is 39.2 Å². The van der Waals surface area contributed by atoms with Crippen molar-refractivity contribution in [3.8, 4) is 11.5 Å². The molecule has 1 aromatic heterocycles. The molecule has 0 aliphatic heterocycles. The molecule has 2 aromatic carbocycles. The third kappa shape index (κ3) is 4.44. The molecule has 3 rings (SSSR count). The van der Waals surface area contributed by atoms with Crippen molar-refractivity contribution in [2.24, 2.45) is 0 Å². The van der Waals surface area contributed by atoms with Crippen molar-refractivity contribution in [2.45, 2.75) is 39.7 Å². The summed E-state index contributed by atoms with van der Waals surface area (Å²) in [5, 5.41) is 22.8. The van der Waals surface area contributed by atoms with Gasteiger partial charge in [-0.3, -0.25) is 9.78 Å². The van der Waals surface area contributed by atoms with E-state index in [0.717, 1.165) is 5.56 Å². The molecule has 0 aliphatic carbocycles. The molecule has 1 amide bonds. The molecule has 5 N–H and O–H groups in total. The number of hydrogen-bond acceptors (Lipinski definition) is 6. The number of nitrogens with zero attached hydrogens (tertiary/aromatic N) is 1. The predicted molar refractivity (Wildman–Crippen MR) is 122 cm³/mol. The molecule has 8 nitrogen and oxygen atoms in total. The Morgan fingerprint density at radius 3 is 2.50 bits per heavy atom. The number of anilines is 1. The number of nitrogens with one attached hydrogen (secondary N) is 1. The van der Waals surface area contributed by atoms with Gasteiger partial charge in [-0.15, -0.1) is 0 Å². The number of carbonyl (C=O) groups is 2. The number of carbonyl (C=O) groups excluding carboxylic acids is 1. The standard InChI is InChI=1S/C24H27N3O5/c1-5-14-10-11-16-19(20(25)18(23(30)31)13(2)26-16)21(14)32-12-24(3,4)27-22(29)15-8-6-7-9-17(15)28/h6-11,28H,5,12H2,1-4H3,(H2,25,26)(H,27,29)(H,30,31). The molecule has 0 spiro atoms. The zero-order valence-corrected chi connectivity index (χ0v) is 18.5. The molecule has 1 heterocycles. The number of pyridine rings is 1. The smallest absolute Gasteiger partial charge is 0.339 e. The highest BCUT2D eigenvalue weighted by Gasteiger charge is 2.26. The van der Waals surface area contributed by atoms with Crippen molar-refractivity contribution < 1.29 is 24.5 Å². The number of aryl methyl sites for hydroxylation is 2. The van der Waals surface area contributed by atoms with Gasteiger partial charge in [-0.25, -0.2) is 4.79 Å². The molecular formula is C24H27N3O5. The minimum atomic E-state index is -1.16. The van der Waals surface area contributed by atoms with Crippen molar-refractivity contribution in [3.63, 3.8) is 0 Å². The molecule has 0 bridgehead atoms. The number of aromatic carboxylic acids is 1. The van der Waals surface area contributed by atoms with Crippen LogP contribution in [0, 0.1) is 6.92 Å². The summed E-state index contributed by atoms with van der Waals surface area (Å²) in [5.74, 6) is -1.25. The number of rotatable bonds is 7. The van der Waals surface area contributed by atoms with E-state index in [4.69, 9.17) is 10.5 Å². The summed E-state index contributed by atoms with van der Waals surface area (Å²) in [6, 6.07) is 9.94. The molecule has 3 aromatic rings. The van der Waals surface area contributed by atoms with E-state index in [2.05, 4.69) is 10.3 Å². The Balaban J connectivity index is 1.95. The lowest BCUT2D eigenvalue weighted by Gasteiger charge is -2.28. The molecule has 0 aliphatic rings. The van der Waals surface area contributed by atoms with Gasteiger partial charge in [-0.05, 0) is 51.0 Å². The highest BCUT2D eigenvalue weighted by atomic mass is 16.5. The fourth-order valence-corrected chi connectivity index (χ4v) is 3.57. The van der Waals surface area contributed by atoms with Gasteiger partial charge in [-0.2, -0.15) is 0 Å². The van der Waals surface area contributed by atoms with E-state index in [1.54, 1.807) is 39.0 Å². The number of benzene rings is 2. The van der Waals surface area contributed by atoms with Gasteiger partial charge in [0.15, 0.2) is 0 Å². The number of aromatic hydroxyl groups is 1. The van der Waals surface area contributed by atoms with Crippen LogP contribution >= 0.6 is 0 Å². The number of hydrogen-bond donors (Lipinski definition) is 4. The second kappa shape index (κ2) is 8.74. The van der Waals surface area contributed by atoms with Gasteiger partial charge in [0.25, 0.3) is 5.91 Å². The van der Waals surface area contributed by atoms with Gasteiger partial charge in [0.1, 0.15) is 23.7 Å². The molecule has 0 radical (unpaired) electrons. The Kier molecular flexibility index (Phi) is 6.25. The van der Waals surface area contributed by atoms with Crippen LogP contribution in [0.2, 0.25) is 0 Å². The van der Waals surface area contributed by atoms with Gasteiger partial charge >= 0.3 is 5.97 Å². The summed E-state index contributed by atoms with van der Waals surface area (Å²) >= 11 is 0. The molecular weight excluding hydrogens is 410 g/mol. The number of phenols is 1. The van der Waals surface area contributed by atoms with Crippen LogP contribution < -0.4 is 15.8 Å². The molecule has 0 atom stereocenters. The number of nitrogen functional groups attached to an aromatic ring is 1. The van der Waals surface area contributed by atoms with Crippen LogP contribution in [0.15, 0.2) is 36.4 Å². The first-order valence-corrected chi connectivity index (χ1v) is 10.2. The van der Waals surface area contributed by atoms with Crippen LogP contribution in [0.5, 0.6) is 11.5 Å². The molecule has 0 saturated carbocycles. The van der Waals surface area contributed by atoms with E-state index in [0.29, 0.717) is 28.8 Å². The topological polar surface area (TPSA) is 135 Å². The van der Waals surface area contributed by atoms with E-state index in [-0.39, 0.29) is 29.2 Å². The first-order chi connectivity index (χ1) is 15.1. The van der Waals surface area contributed by atoms with Crippen molar-refractivity contribution in [3.05, 3.63) is 58.8 Å². The lowest BCUT2D eigenvalue weighted by molar-refractivity contribution is 0.0696. The van der Waals surface area contributed by atoms with Gasteiger partial charge in [0.2, 0.25) is 0 Å². The summed E-state index contributed by atoms with van der Waals surface area (Å²) in [4.78, 5) is 28.7. The Hall–Kier alpha value is -3.81. The summed E-state index contributed by atoms with van der Waals surface area (Å²) in [5.41, 5.74) is 7.36. The van der Waals surface area contributed by atoms with E-state index in [9.17, 15) is 19.8 Å². The highest BCUT2D eigenvalue weighted by Crippen LogP contribution is 2.37. The zero-order valence-electron chi connectivity index (χ0n) is 18.5. The van der Waals surface area contributed by atoms with Gasteiger partial charge in [0.05, 0.1) is 33.4 Å². The van der Waals surface area contributed by atoms with Gasteiger partial charge in [0, 0.05) is 0 Å². The molecule has 8 heteroatoms. The summed E-state index contributed by atoms with van der Waals surface area (Å²) in [6.07, 6.45) is 0.631. The van der Waals surface area contributed by atoms with Gasteiger partial charge < -0.3 is 26.0 Å². The Morgan fingerprint density at radius 2 is 1.88 bits per heavy atom. The normalized spacial score (nSPS) is 11.4. The summed E-state index contributed by atoms with van der Waals surface area (Å²) in [7, 11) is 0. The van der Waals surface area contributed by atoms with E-state index >= 15 is 0 Å². The molecule has 168 valence electrons. The quantitative estimate of drug-likeness (QED) is 0.443. The lowest BCUT2D eigenvalue weighted by atomic mass is 10.0. The van der Waals surface area contributed by atoms with Crippen LogP contribution in [0.4, 0.5) is 5.69 Å². The number of para-hydroxylation sites is 1. The van der Waals surface area contributed by atoms with Crippen LogP contribution in [0.25, 0.3) is 10.9 Å². The SMILES string of the molecule is CCc1ccc2nc(C)c(C(=O)O)c(N)c2c1OCC(C)(C)NC(=O)c1ccccc1O. The average Bonchev–Trinajstić information content (AvgIpc) is 2.71. The predicted octanol–water partition coefficient (Wildman–Crippen LogP) is 3.68. The molecule has 0 fully saturated rings. The van der Waals surface area contributed by atoms with Crippen molar-refractivity contribution in [1.82, 2.24) is 10.3 Å². The van der Waals surface area contributed by atoms with Gasteiger partial charge in [-0.1, -0.05) is 25.1 Å². The minimum absolute atomic E-state index is 0.0530. The zero-order chi connectivity index (χ0) is 23.6. The largest absolute Gasteiger partial charge is 0.507 e. The van der Waals surface area contributed by atoms with Crippen molar-refractivity contribution in [1.29, 1.82) is 0 Å². The minimum Gasteiger partial charge on any atom is -0.507 e. The number of nitrogens with two attached hydrogens (primary N) is 1. The Morgan fingerprint density at radius 1 is 1.19 bits per heavy atom. The lowest BCUT2D eigenvalue weighted by Crippen LogP contribution is -2.47. The maximum absolute atomic E-state index is 12.6. The van der Waals surface area contributed by atoms with E-state index in [1.165, 1.54) is 12.1 Å². The first kappa shape index (κ1) is 22.9. The van der Waals surface area contributed by atoms with E-state index in [1.807, 2.05) is 13.0 Å². The Labute approximate surface area is 186 Å². The first-order valence-electron chi connectivity index (χ1n) is 10.2. The number of phenolic OH excluding ortho intramolecular Hbond substituents is 1. The average molecular weight is 437 g/mol. The fourth-order valence-electron chi connectivity index (χ4n) is 3.57. The van der Waals surface area contributed by atoms with Crippen LogP contribution in [0.1, 0.15) is 52.7 Å². The second-order valence-corrected chi connectivity index (χ2v) is 8.24. The Bertz CT molecular complexity index is 1200. The van der Waals surface area contributed by atoms with Crippen molar-refractivity contribution >= 4 is 28.5 Å². The number of carboxylic acid groups (broad SMARTS) is 1. The number of aromatic nitrogens is 1. The number of fused-ring (bicyclic) bond motifs is 1. The van der Waals surface area contributed by atoms with E-state index < -0.39 is 17.4 Å². The third-order valence-electron chi connectivity index (χ3n) is 5.18. The molecule has 32 heavy (non-hydrogen) atoms. The maximum Gasteiger partial charge on any atom is 0.339 e. The second-order valence-electron chi connectivity index (χ2n) is 8.24. The van der Waals surface area contributed by atoms with Crippen LogP contribution in [0.3, 0.4) is 0 Å². The number of ether oxygens (including phenoxy) is 1. The van der Waals surface area contributed by atoms with Crippen molar-refractivity contribution in [2.75, 3.05) is 12.3 Å². The number of carboxylic acids is 1. The fraction of sp³-hybridized carbons (Fsp3) is 0.292. The third-order valence-corrected chi connectivity index (χ3v) is 5.18. The number of amides is 1. The monoisotopic (exact) mass is 437 g/mol. The van der Waals surface area contributed by atoms with Crippen LogP contribution in [-0.2, 0) is 6.42 Å². The summed E-state index contributed by atoms with van der Waals surface area (Å²) < 4.78 is 6.14. The molecule has 0 unspecified atom stereocenters. The highest BCUT2D eigenvalue weighted by molar-refractivity contribution is 6.07.